The van der Waals surface area contributed by atoms with Gasteiger partial charge in [0, 0.05) is 0 Å². The van der Waals surface area contributed by atoms with Crippen molar-refractivity contribution in [1.82, 2.24) is 0 Å². The molecule has 0 aromatic carbocycles. The molecular formula is C13H26. The Bertz CT molecular complexity index is 180. The van der Waals surface area contributed by atoms with Crippen molar-refractivity contribution in [3.63, 3.8) is 0 Å². The summed E-state index contributed by atoms with van der Waals surface area (Å²) < 4.78 is 0. The molecule has 0 aliphatic heterocycles. The van der Waals surface area contributed by atoms with E-state index < -0.39 is 0 Å². The van der Waals surface area contributed by atoms with Crippen molar-refractivity contribution in [3.8, 4) is 0 Å². The van der Waals surface area contributed by atoms with E-state index in [4.69, 9.17) is 0 Å². The highest BCUT2D eigenvalue weighted by Crippen LogP contribution is 2.63. The minimum atomic E-state index is 0.476. The van der Waals surface area contributed by atoms with Crippen LogP contribution in [0.2, 0.25) is 0 Å². The fourth-order valence-electron chi connectivity index (χ4n) is 3.24. The molecule has 0 aromatic rings. The molecule has 1 fully saturated rings. The molecule has 0 nitrogen and oxygen atoms in total. The molecule has 2 unspecified atom stereocenters. The van der Waals surface area contributed by atoms with Crippen molar-refractivity contribution in [2.75, 3.05) is 0 Å². The van der Waals surface area contributed by atoms with Crippen LogP contribution in [-0.2, 0) is 0 Å². The van der Waals surface area contributed by atoms with Crippen LogP contribution in [0.5, 0.6) is 0 Å². The van der Waals surface area contributed by atoms with Crippen LogP contribution in [0.25, 0.3) is 0 Å². The van der Waals surface area contributed by atoms with Gasteiger partial charge in [-0.25, -0.2) is 0 Å². The maximum atomic E-state index is 2.49. The molecule has 1 rings (SSSR count). The van der Waals surface area contributed by atoms with Gasteiger partial charge in [-0.1, -0.05) is 48.5 Å². The Kier molecular flexibility index (Phi) is 2.56. The Labute approximate surface area is 84.1 Å². The molecule has 1 aliphatic rings. The molecule has 0 radical (unpaired) electrons. The van der Waals surface area contributed by atoms with Crippen LogP contribution in [0.4, 0.5) is 0 Å². The standard InChI is InChI=1S/C13H26/c1-9(2)12(5,6)13(7)10(3)8-11(13)4/h9-11H,8H2,1-7H3. The third-order valence-electron chi connectivity index (χ3n) is 5.59. The zero-order valence-electron chi connectivity index (χ0n) is 10.4. The third kappa shape index (κ3) is 1.25. The van der Waals surface area contributed by atoms with Crippen LogP contribution in [0, 0.1) is 28.6 Å². The molecule has 0 amide bonds. The van der Waals surface area contributed by atoms with E-state index in [2.05, 4.69) is 48.5 Å². The van der Waals surface area contributed by atoms with Gasteiger partial charge < -0.3 is 0 Å². The summed E-state index contributed by atoms with van der Waals surface area (Å²) >= 11 is 0. The zero-order valence-corrected chi connectivity index (χ0v) is 10.4. The van der Waals surface area contributed by atoms with Crippen molar-refractivity contribution in [1.29, 1.82) is 0 Å². The molecule has 2 atom stereocenters. The van der Waals surface area contributed by atoms with Crippen LogP contribution in [0.15, 0.2) is 0 Å². The maximum Gasteiger partial charge on any atom is -0.0221 e. The van der Waals surface area contributed by atoms with Crippen LogP contribution in [0.3, 0.4) is 0 Å². The maximum absolute atomic E-state index is 2.49. The monoisotopic (exact) mass is 182 g/mol. The fraction of sp³-hybridized carbons (Fsp3) is 1.00. The predicted octanol–water partition coefficient (Wildman–Crippen LogP) is 4.35. The Morgan fingerprint density at radius 2 is 1.54 bits per heavy atom. The summed E-state index contributed by atoms with van der Waals surface area (Å²) in [5.74, 6) is 2.59. The van der Waals surface area contributed by atoms with Gasteiger partial charge in [0.1, 0.15) is 0 Å². The summed E-state index contributed by atoms with van der Waals surface area (Å²) in [6, 6.07) is 0. The molecule has 0 N–H and O–H groups in total. The first kappa shape index (κ1) is 11.1. The van der Waals surface area contributed by atoms with Crippen LogP contribution in [-0.4, -0.2) is 0 Å². The van der Waals surface area contributed by atoms with E-state index >= 15 is 0 Å². The quantitative estimate of drug-likeness (QED) is 0.595. The SMILES string of the molecule is CC(C)C(C)(C)C1(C)C(C)CC1C. The van der Waals surface area contributed by atoms with Gasteiger partial charge in [-0.15, -0.1) is 0 Å². The van der Waals surface area contributed by atoms with Crippen molar-refractivity contribution in [3.05, 3.63) is 0 Å². The second kappa shape index (κ2) is 3.00. The minimum absolute atomic E-state index is 0.476. The lowest BCUT2D eigenvalue weighted by atomic mass is 9.43. The van der Waals surface area contributed by atoms with E-state index in [1.54, 1.807) is 0 Å². The normalized spacial score (nSPS) is 40.6. The van der Waals surface area contributed by atoms with Crippen molar-refractivity contribution in [2.45, 2.75) is 54.9 Å². The molecule has 0 heterocycles. The number of rotatable bonds is 2. The lowest BCUT2D eigenvalue weighted by Crippen LogP contribution is -2.55. The minimum Gasteiger partial charge on any atom is -0.0622 e. The van der Waals surface area contributed by atoms with Crippen LogP contribution < -0.4 is 0 Å². The van der Waals surface area contributed by atoms with Gasteiger partial charge in [-0.3, -0.25) is 0 Å². The van der Waals surface area contributed by atoms with Gasteiger partial charge >= 0.3 is 0 Å². The highest BCUT2D eigenvalue weighted by molar-refractivity contribution is 5.04. The van der Waals surface area contributed by atoms with E-state index in [1.165, 1.54) is 6.42 Å². The number of hydrogen-bond donors (Lipinski definition) is 0. The Hall–Kier alpha value is 0. The van der Waals surface area contributed by atoms with Crippen molar-refractivity contribution >= 4 is 0 Å². The molecule has 0 bridgehead atoms. The Morgan fingerprint density at radius 1 is 1.15 bits per heavy atom. The molecule has 1 saturated carbocycles. The van der Waals surface area contributed by atoms with E-state index in [0.29, 0.717) is 10.8 Å². The summed E-state index contributed by atoms with van der Waals surface area (Å²) in [6.07, 6.45) is 1.42. The molecule has 1 aliphatic carbocycles. The van der Waals surface area contributed by atoms with E-state index in [9.17, 15) is 0 Å². The fourth-order valence-corrected chi connectivity index (χ4v) is 3.24. The first-order chi connectivity index (χ1) is 5.74. The smallest absolute Gasteiger partial charge is 0.0221 e. The van der Waals surface area contributed by atoms with E-state index in [1.807, 2.05) is 0 Å². The summed E-state index contributed by atoms with van der Waals surface area (Å²) in [4.78, 5) is 0. The lowest BCUT2D eigenvalue weighted by molar-refractivity contribution is -0.135. The summed E-state index contributed by atoms with van der Waals surface area (Å²) in [6.45, 7) is 17.0. The van der Waals surface area contributed by atoms with Crippen molar-refractivity contribution in [2.24, 2.45) is 28.6 Å². The molecule has 0 spiro atoms. The van der Waals surface area contributed by atoms with Gasteiger partial charge in [0.2, 0.25) is 0 Å². The third-order valence-corrected chi connectivity index (χ3v) is 5.59. The highest BCUT2D eigenvalue weighted by Gasteiger charge is 2.56. The molecule has 0 aromatic heterocycles. The van der Waals surface area contributed by atoms with Crippen LogP contribution >= 0.6 is 0 Å². The van der Waals surface area contributed by atoms with Gasteiger partial charge in [0.15, 0.2) is 0 Å². The second-order valence-electron chi connectivity index (χ2n) is 6.20. The van der Waals surface area contributed by atoms with Gasteiger partial charge in [0.05, 0.1) is 0 Å². The van der Waals surface area contributed by atoms with Crippen molar-refractivity contribution < 1.29 is 0 Å². The summed E-state index contributed by atoms with van der Waals surface area (Å²) in [7, 11) is 0. The highest BCUT2D eigenvalue weighted by atomic mass is 14.6. The number of hydrogen-bond acceptors (Lipinski definition) is 0. The average Bonchev–Trinajstić information content (AvgIpc) is 2.03. The summed E-state index contributed by atoms with van der Waals surface area (Å²) in [5, 5.41) is 0. The van der Waals surface area contributed by atoms with Crippen LogP contribution in [0.1, 0.15) is 54.9 Å². The Balaban J connectivity index is 2.91. The topological polar surface area (TPSA) is 0 Å². The predicted molar refractivity (Wildman–Crippen MR) is 59.7 cm³/mol. The zero-order chi connectivity index (χ0) is 10.4. The Morgan fingerprint density at radius 3 is 1.69 bits per heavy atom. The van der Waals surface area contributed by atoms with Gasteiger partial charge in [-0.05, 0) is 35.0 Å². The van der Waals surface area contributed by atoms with E-state index in [0.717, 1.165) is 17.8 Å². The molecule has 0 saturated heterocycles. The molecule has 78 valence electrons. The average molecular weight is 182 g/mol. The lowest BCUT2D eigenvalue weighted by Gasteiger charge is -2.62. The first-order valence-electron chi connectivity index (χ1n) is 5.74. The largest absolute Gasteiger partial charge is 0.0622 e. The first-order valence-corrected chi connectivity index (χ1v) is 5.74. The summed E-state index contributed by atoms with van der Waals surface area (Å²) in [5.41, 5.74) is 1.03. The molecular weight excluding hydrogens is 156 g/mol. The molecule has 13 heavy (non-hydrogen) atoms. The molecule has 0 heteroatoms. The second-order valence-corrected chi connectivity index (χ2v) is 6.20. The van der Waals surface area contributed by atoms with Gasteiger partial charge in [0.25, 0.3) is 0 Å². The van der Waals surface area contributed by atoms with E-state index in [-0.39, 0.29) is 0 Å². The van der Waals surface area contributed by atoms with Gasteiger partial charge in [-0.2, -0.15) is 0 Å².